The number of hydrogen-bond donors (Lipinski definition) is 1. The van der Waals surface area contributed by atoms with Gasteiger partial charge >= 0.3 is 5.76 Å². The normalized spacial score (nSPS) is 27.4. The van der Waals surface area contributed by atoms with Crippen LogP contribution in [0.5, 0.6) is 0 Å². The SMILES string of the molecule is CC1CC1C(=O)NS(=O)(=O)C(F)F. The van der Waals surface area contributed by atoms with Gasteiger partial charge in [0.2, 0.25) is 5.91 Å². The Hall–Kier alpha value is -0.720. The highest BCUT2D eigenvalue weighted by atomic mass is 32.2. The van der Waals surface area contributed by atoms with Crippen molar-refractivity contribution in [1.29, 1.82) is 0 Å². The molecule has 76 valence electrons. The zero-order valence-electron chi connectivity index (χ0n) is 6.83. The predicted molar refractivity (Wildman–Crippen MR) is 40.3 cm³/mol. The molecular weight excluding hydrogens is 204 g/mol. The lowest BCUT2D eigenvalue weighted by atomic mass is 10.3. The number of carbonyl (C=O) groups is 1. The molecule has 0 aliphatic heterocycles. The summed E-state index contributed by atoms with van der Waals surface area (Å²) in [5.41, 5.74) is 0. The van der Waals surface area contributed by atoms with Crippen LogP contribution in [0.15, 0.2) is 0 Å². The molecule has 7 heteroatoms. The van der Waals surface area contributed by atoms with Gasteiger partial charge in [0.15, 0.2) is 0 Å². The summed E-state index contributed by atoms with van der Waals surface area (Å²) in [5, 5.41) is 0. The Morgan fingerprint density at radius 3 is 2.31 bits per heavy atom. The Bertz CT molecular complexity index is 314. The first-order valence-electron chi connectivity index (χ1n) is 3.68. The third-order valence-electron chi connectivity index (χ3n) is 1.92. The van der Waals surface area contributed by atoms with Crippen LogP contribution in [0.2, 0.25) is 0 Å². The zero-order valence-corrected chi connectivity index (χ0v) is 7.64. The van der Waals surface area contributed by atoms with E-state index in [9.17, 15) is 22.0 Å². The van der Waals surface area contributed by atoms with Crippen molar-refractivity contribution < 1.29 is 22.0 Å². The molecule has 0 aromatic rings. The van der Waals surface area contributed by atoms with E-state index in [0.29, 0.717) is 6.42 Å². The monoisotopic (exact) mass is 213 g/mol. The second kappa shape index (κ2) is 3.21. The first-order chi connectivity index (χ1) is 5.84. The van der Waals surface area contributed by atoms with E-state index in [0.717, 1.165) is 0 Å². The summed E-state index contributed by atoms with van der Waals surface area (Å²) >= 11 is 0. The largest absolute Gasteiger partial charge is 0.355 e. The summed E-state index contributed by atoms with van der Waals surface area (Å²) in [4.78, 5) is 10.9. The van der Waals surface area contributed by atoms with Crippen LogP contribution in [0.4, 0.5) is 8.78 Å². The van der Waals surface area contributed by atoms with Crippen LogP contribution < -0.4 is 4.72 Å². The van der Waals surface area contributed by atoms with Crippen molar-refractivity contribution in [2.24, 2.45) is 11.8 Å². The second-order valence-electron chi connectivity index (χ2n) is 3.09. The molecule has 0 radical (unpaired) electrons. The molecule has 1 N–H and O–H groups in total. The smallest absolute Gasteiger partial charge is 0.274 e. The molecular formula is C6H9F2NO3S. The summed E-state index contributed by atoms with van der Waals surface area (Å²) in [7, 11) is -4.76. The standard InChI is InChI=1S/C6H9F2NO3S/c1-3-2-4(3)5(10)9-13(11,12)6(7)8/h3-4,6H,2H2,1H3,(H,9,10). The summed E-state index contributed by atoms with van der Waals surface area (Å²) < 4.78 is 45.8. The topological polar surface area (TPSA) is 63.2 Å². The lowest BCUT2D eigenvalue weighted by molar-refractivity contribution is -0.120. The maximum absolute atomic E-state index is 11.8. The molecule has 0 heterocycles. The molecule has 2 atom stereocenters. The van der Waals surface area contributed by atoms with Crippen LogP contribution in [0.25, 0.3) is 0 Å². The first-order valence-corrected chi connectivity index (χ1v) is 5.23. The number of rotatable bonds is 3. The van der Waals surface area contributed by atoms with Gasteiger partial charge in [0, 0.05) is 5.92 Å². The Labute approximate surface area is 74.4 Å². The summed E-state index contributed by atoms with van der Waals surface area (Å²) in [6.45, 7) is 1.75. The van der Waals surface area contributed by atoms with Crippen molar-refractivity contribution in [1.82, 2.24) is 4.72 Å². The van der Waals surface area contributed by atoms with Crippen LogP contribution >= 0.6 is 0 Å². The van der Waals surface area contributed by atoms with E-state index in [1.807, 2.05) is 0 Å². The molecule has 4 nitrogen and oxygen atoms in total. The molecule has 2 unspecified atom stereocenters. The minimum atomic E-state index is -4.76. The minimum Gasteiger partial charge on any atom is -0.274 e. The number of carbonyl (C=O) groups excluding carboxylic acids is 1. The van der Waals surface area contributed by atoms with Crippen molar-refractivity contribution in [3.05, 3.63) is 0 Å². The Morgan fingerprint density at radius 2 is 2.00 bits per heavy atom. The molecule has 13 heavy (non-hydrogen) atoms. The lowest BCUT2D eigenvalue weighted by Gasteiger charge is -2.03. The highest BCUT2D eigenvalue weighted by molar-refractivity contribution is 7.90. The number of nitrogens with one attached hydrogen (secondary N) is 1. The van der Waals surface area contributed by atoms with Crippen LogP contribution in [0.3, 0.4) is 0 Å². The van der Waals surface area contributed by atoms with Gasteiger partial charge < -0.3 is 0 Å². The van der Waals surface area contributed by atoms with Gasteiger partial charge in [-0.25, -0.2) is 13.1 Å². The van der Waals surface area contributed by atoms with Gasteiger partial charge in [0.1, 0.15) is 0 Å². The summed E-state index contributed by atoms with van der Waals surface area (Å²) in [5.74, 6) is -4.71. The van der Waals surface area contributed by atoms with Crippen LogP contribution in [0, 0.1) is 11.8 Å². The Morgan fingerprint density at radius 1 is 1.54 bits per heavy atom. The number of sulfonamides is 1. The molecule has 1 aliphatic carbocycles. The van der Waals surface area contributed by atoms with Gasteiger partial charge in [-0.05, 0) is 12.3 Å². The highest BCUT2D eigenvalue weighted by Gasteiger charge is 2.41. The molecule has 1 fully saturated rings. The number of hydrogen-bond acceptors (Lipinski definition) is 3. The molecule has 0 aromatic carbocycles. The third kappa shape index (κ3) is 2.36. The average molecular weight is 213 g/mol. The van der Waals surface area contributed by atoms with Gasteiger partial charge in [-0.1, -0.05) is 6.92 Å². The lowest BCUT2D eigenvalue weighted by Crippen LogP contribution is -2.36. The van der Waals surface area contributed by atoms with E-state index in [1.165, 1.54) is 4.72 Å². The molecule has 0 spiro atoms. The molecule has 1 amide bonds. The first kappa shape index (κ1) is 10.4. The highest BCUT2D eigenvalue weighted by Crippen LogP contribution is 2.37. The Balaban J connectivity index is 2.54. The van der Waals surface area contributed by atoms with Gasteiger partial charge in [0.05, 0.1) is 0 Å². The predicted octanol–water partition coefficient (Wildman–Crippen LogP) is 0.311. The van der Waals surface area contributed by atoms with Gasteiger partial charge in [-0.2, -0.15) is 8.78 Å². The number of amides is 1. The van der Waals surface area contributed by atoms with Crippen LogP contribution in [-0.2, 0) is 14.8 Å². The van der Waals surface area contributed by atoms with Crippen LogP contribution in [0.1, 0.15) is 13.3 Å². The molecule has 0 aromatic heterocycles. The van der Waals surface area contributed by atoms with Crippen molar-refractivity contribution in [3.8, 4) is 0 Å². The van der Waals surface area contributed by atoms with Crippen molar-refractivity contribution in [2.45, 2.75) is 19.1 Å². The summed E-state index contributed by atoms with van der Waals surface area (Å²) in [6, 6.07) is 0. The fraction of sp³-hybridized carbons (Fsp3) is 0.833. The summed E-state index contributed by atoms with van der Waals surface area (Å²) in [6.07, 6.45) is 0.560. The Kier molecular flexibility index (Phi) is 2.56. The van der Waals surface area contributed by atoms with Crippen LogP contribution in [-0.4, -0.2) is 20.1 Å². The van der Waals surface area contributed by atoms with E-state index in [-0.39, 0.29) is 5.92 Å². The van der Waals surface area contributed by atoms with Gasteiger partial charge in [-0.15, -0.1) is 0 Å². The fourth-order valence-corrected chi connectivity index (χ4v) is 1.47. The van der Waals surface area contributed by atoms with Gasteiger partial charge in [0.25, 0.3) is 10.0 Å². The molecule has 0 bridgehead atoms. The fourth-order valence-electron chi connectivity index (χ4n) is 0.948. The maximum atomic E-state index is 11.8. The van der Waals surface area contributed by atoms with E-state index in [2.05, 4.69) is 0 Å². The third-order valence-corrected chi connectivity index (χ3v) is 2.88. The zero-order chi connectivity index (χ0) is 10.2. The van der Waals surface area contributed by atoms with Crippen molar-refractivity contribution in [2.75, 3.05) is 0 Å². The van der Waals surface area contributed by atoms with E-state index >= 15 is 0 Å². The maximum Gasteiger partial charge on any atom is 0.355 e. The van der Waals surface area contributed by atoms with Crippen molar-refractivity contribution >= 4 is 15.9 Å². The second-order valence-corrected chi connectivity index (χ2v) is 4.74. The van der Waals surface area contributed by atoms with E-state index in [4.69, 9.17) is 0 Å². The van der Waals surface area contributed by atoms with Gasteiger partial charge in [-0.3, -0.25) is 4.79 Å². The average Bonchev–Trinajstić information content (AvgIpc) is 2.65. The molecule has 1 aliphatic rings. The van der Waals surface area contributed by atoms with E-state index < -0.39 is 27.6 Å². The minimum absolute atomic E-state index is 0.0906. The quantitative estimate of drug-likeness (QED) is 0.733. The number of halogens is 2. The molecule has 0 saturated heterocycles. The van der Waals surface area contributed by atoms with E-state index in [1.54, 1.807) is 6.92 Å². The number of alkyl halides is 2. The molecule has 1 saturated carbocycles. The van der Waals surface area contributed by atoms with Crippen molar-refractivity contribution in [3.63, 3.8) is 0 Å². The molecule has 1 rings (SSSR count).